The van der Waals surface area contributed by atoms with Crippen LogP contribution in [0.1, 0.15) is 12.8 Å². The molecule has 0 bridgehead atoms. The number of piperidine rings is 1. The van der Waals surface area contributed by atoms with E-state index >= 15 is 0 Å². The largest absolute Gasteiger partial charge is 0.354 e. The minimum absolute atomic E-state index is 0.265. The van der Waals surface area contributed by atoms with Gasteiger partial charge >= 0.3 is 0 Å². The van der Waals surface area contributed by atoms with Crippen LogP contribution in [0.4, 0.5) is 16.2 Å². The second-order valence-corrected chi connectivity index (χ2v) is 8.23. The van der Waals surface area contributed by atoms with Gasteiger partial charge in [0.2, 0.25) is 5.95 Å². The molecule has 2 saturated heterocycles. The van der Waals surface area contributed by atoms with E-state index in [0.717, 1.165) is 56.8 Å². The van der Waals surface area contributed by atoms with Gasteiger partial charge in [0.05, 0.1) is 22.8 Å². The summed E-state index contributed by atoms with van der Waals surface area (Å²) < 4.78 is 19.1. The van der Waals surface area contributed by atoms with Crippen molar-refractivity contribution in [1.29, 1.82) is 0 Å². The summed E-state index contributed by atoms with van der Waals surface area (Å²) in [6, 6.07) is 5.03. The molecule has 2 aliphatic rings. The zero-order valence-electron chi connectivity index (χ0n) is 15.9. The second-order valence-electron chi connectivity index (χ2n) is 7.79. The monoisotopic (exact) mass is 416 g/mol. The van der Waals surface area contributed by atoms with Crippen molar-refractivity contribution < 1.29 is 8.91 Å². The number of halogens is 2. The maximum atomic E-state index is 13.7. The molecule has 2 fully saturated rings. The predicted molar refractivity (Wildman–Crippen MR) is 110 cm³/mol. The molecule has 0 saturated carbocycles. The third-order valence-electron chi connectivity index (χ3n) is 5.89. The number of nitrogens with one attached hydrogen (secondary N) is 1. The predicted octanol–water partition coefficient (Wildman–Crippen LogP) is 3.42. The van der Waals surface area contributed by atoms with E-state index in [4.69, 9.17) is 16.1 Å². The molecule has 2 atom stereocenters. The van der Waals surface area contributed by atoms with E-state index in [-0.39, 0.29) is 5.82 Å². The van der Waals surface area contributed by atoms with Gasteiger partial charge in [-0.1, -0.05) is 16.8 Å². The van der Waals surface area contributed by atoms with E-state index < -0.39 is 0 Å². The molecule has 0 spiro atoms. The van der Waals surface area contributed by atoms with Crippen molar-refractivity contribution in [3.63, 3.8) is 0 Å². The number of anilines is 2. The summed E-state index contributed by atoms with van der Waals surface area (Å²) in [5, 5.41) is 8.82. The van der Waals surface area contributed by atoms with Crippen LogP contribution in [0.2, 0.25) is 5.02 Å². The van der Waals surface area contributed by atoms with E-state index in [1.54, 1.807) is 18.5 Å². The van der Waals surface area contributed by atoms with Gasteiger partial charge in [0.15, 0.2) is 11.4 Å². The highest BCUT2D eigenvalue weighted by Crippen LogP contribution is 2.31. The summed E-state index contributed by atoms with van der Waals surface area (Å²) in [7, 11) is 0. The number of aromatic nitrogens is 3. The minimum atomic E-state index is -0.265. The van der Waals surface area contributed by atoms with E-state index in [1.807, 2.05) is 0 Å². The Morgan fingerprint density at radius 2 is 2.03 bits per heavy atom. The van der Waals surface area contributed by atoms with Gasteiger partial charge in [-0.25, -0.2) is 14.4 Å². The van der Waals surface area contributed by atoms with Gasteiger partial charge in [-0.05, 0) is 37.0 Å². The smallest absolute Gasteiger partial charge is 0.222 e. The van der Waals surface area contributed by atoms with E-state index in [2.05, 4.69) is 30.2 Å². The maximum Gasteiger partial charge on any atom is 0.222 e. The van der Waals surface area contributed by atoms with Gasteiger partial charge in [0.25, 0.3) is 0 Å². The summed E-state index contributed by atoms with van der Waals surface area (Å²) >= 11 is 5.83. The molecule has 0 radical (unpaired) electrons. The minimum Gasteiger partial charge on any atom is -0.354 e. The third kappa shape index (κ3) is 3.86. The number of hydrogen-bond donors (Lipinski definition) is 1. The maximum absolute atomic E-state index is 13.7. The fourth-order valence-corrected chi connectivity index (χ4v) is 4.48. The lowest BCUT2D eigenvalue weighted by atomic mass is 9.91. The fourth-order valence-electron chi connectivity index (χ4n) is 4.38. The number of hydrogen-bond acceptors (Lipinski definition) is 7. The van der Waals surface area contributed by atoms with Gasteiger partial charge in [-0.2, -0.15) is 0 Å². The standard InChI is InChI=1S/C20H22ClFN6O/c21-14-9-24-20(25-10-14)23-8-13-1-3-16-12-28(6-5-27(16)11-13)19-17-7-15(22)2-4-18(17)29-26-19/h2,4,7,9-10,13,16H,1,3,5-6,8,11-12H2,(H,23,24,25)/t13-,16-/m0/s1. The Balaban J connectivity index is 1.20. The first kappa shape index (κ1) is 18.6. The molecule has 7 nitrogen and oxygen atoms in total. The molecule has 0 unspecified atom stereocenters. The average molecular weight is 417 g/mol. The fraction of sp³-hybridized carbons (Fsp3) is 0.450. The quantitative estimate of drug-likeness (QED) is 0.698. The van der Waals surface area contributed by atoms with Crippen LogP contribution in [0.5, 0.6) is 0 Å². The molecule has 0 amide bonds. The Bertz CT molecular complexity index is 996. The average Bonchev–Trinajstić information content (AvgIpc) is 3.16. The van der Waals surface area contributed by atoms with Crippen LogP contribution in [0.3, 0.4) is 0 Å². The van der Waals surface area contributed by atoms with Crippen LogP contribution in [0.25, 0.3) is 11.0 Å². The van der Waals surface area contributed by atoms with E-state index in [9.17, 15) is 4.39 Å². The zero-order chi connectivity index (χ0) is 19.8. The van der Waals surface area contributed by atoms with Crippen molar-refractivity contribution >= 4 is 34.3 Å². The molecule has 0 aliphatic carbocycles. The van der Waals surface area contributed by atoms with Gasteiger partial charge in [0.1, 0.15) is 5.82 Å². The Kier molecular flexibility index (Phi) is 4.97. The molecule has 4 heterocycles. The highest BCUT2D eigenvalue weighted by Gasteiger charge is 2.34. The summed E-state index contributed by atoms with van der Waals surface area (Å²) in [6.45, 7) is 4.60. The molecule has 152 valence electrons. The van der Waals surface area contributed by atoms with Crippen LogP contribution in [0.15, 0.2) is 35.1 Å². The van der Waals surface area contributed by atoms with Gasteiger partial charge < -0.3 is 14.7 Å². The van der Waals surface area contributed by atoms with E-state index in [1.165, 1.54) is 12.1 Å². The summed E-state index contributed by atoms with van der Waals surface area (Å²) in [5.74, 6) is 1.66. The number of piperazine rings is 1. The lowest BCUT2D eigenvalue weighted by Gasteiger charge is -2.46. The molecular weight excluding hydrogens is 395 g/mol. The normalized spacial score (nSPS) is 22.6. The molecule has 9 heteroatoms. The molecule has 2 aromatic heterocycles. The van der Waals surface area contributed by atoms with Crippen molar-refractivity contribution in [3.05, 3.63) is 41.4 Å². The lowest BCUT2D eigenvalue weighted by Crippen LogP contribution is -2.57. The first-order chi connectivity index (χ1) is 14.2. The summed E-state index contributed by atoms with van der Waals surface area (Å²) in [6.07, 6.45) is 5.47. The number of nitrogens with zero attached hydrogens (tertiary/aromatic N) is 5. The van der Waals surface area contributed by atoms with Crippen molar-refractivity contribution in [2.45, 2.75) is 18.9 Å². The van der Waals surface area contributed by atoms with Gasteiger partial charge in [0, 0.05) is 38.8 Å². The first-order valence-electron chi connectivity index (χ1n) is 9.91. The SMILES string of the molecule is Fc1ccc2onc(N3CCN4C[C@H](CNc5ncc(Cl)cn5)CC[C@H]4C3)c2c1. The molecule has 2 aliphatic heterocycles. The molecule has 1 N–H and O–H groups in total. The van der Waals surface area contributed by atoms with Crippen LogP contribution in [0, 0.1) is 11.7 Å². The summed E-state index contributed by atoms with van der Waals surface area (Å²) in [4.78, 5) is 13.2. The zero-order valence-corrected chi connectivity index (χ0v) is 16.6. The van der Waals surface area contributed by atoms with Crippen molar-refractivity contribution in [3.8, 4) is 0 Å². The Morgan fingerprint density at radius 1 is 1.17 bits per heavy atom. The Morgan fingerprint density at radius 3 is 2.90 bits per heavy atom. The molecule has 5 rings (SSSR count). The van der Waals surface area contributed by atoms with Crippen LogP contribution < -0.4 is 10.2 Å². The third-order valence-corrected chi connectivity index (χ3v) is 6.08. The molecular formula is C20H22ClFN6O. The lowest BCUT2D eigenvalue weighted by molar-refractivity contribution is 0.0994. The molecule has 3 aromatic rings. The number of benzene rings is 1. The van der Waals surface area contributed by atoms with Gasteiger partial charge in [-0.15, -0.1) is 0 Å². The number of fused-ring (bicyclic) bond motifs is 2. The van der Waals surface area contributed by atoms with Crippen LogP contribution in [-0.4, -0.2) is 58.8 Å². The highest BCUT2D eigenvalue weighted by molar-refractivity contribution is 6.30. The Labute approximate surface area is 172 Å². The van der Waals surface area contributed by atoms with E-state index in [0.29, 0.717) is 28.5 Å². The van der Waals surface area contributed by atoms with Crippen LogP contribution in [-0.2, 0) is 0 Å². The van der Waals surface area contributed by atoms with Crippen LogP contribution >= 0.6 is 11.6 Å². The Hall–Kier alpha value is -2.45. The molecule has 29 heavy (non-hydrogen) atoms. The van der Waals surface area contributed by atoms with Crippen molar-refractivity contribution in [2.75, 3.05) is 42.9 Å². The molecule has 1 aromatic carbocycles. The first-order valence-corrected chi connectivity index (χ1v) is 10.3. The topological polar surface area (TPSA) is 70.3 Å². The second kappa shape index (κ2) is 7.76. The summed E-state index contributed by atoms with van der Waals surface area (Å²) in [5.41, 5.74) is 0.628. The van der Waals surface area contributed by atoms with Crippen molar-refractivity contribution in [1.82, 2.24) is 20.0 Å². The van der Waals surface area contributed by atoms with Gasteiger partial charge in [-0.3, -0.25) is 4.90 Å². The van der Waals surface area contributed by atoms with Crippen molar-refractivity contribution in [2.24, 2.45) is 5.92 Å². The highest BCUT2D eigenvalue weighted by atomic mass is 35.5. The number of rotatable bonds is 4.